The quantitative estimate of drug-likeness (QED) is 0.632. The molecule has 2 rings (SSSR count). The smallest absolute Gasteiger partial charge is 0.304 e. The Morgan fingerprint density at radius 1 is 1.53 bits per heavy atom. The molecule has 6 heteroatoms. The molecule has 0 radical (unpaired) electrons. The van der Waals surface area contributed by atoms with E-state index in [1.807, 2.05) is 0 Å². The molecule has 19 heavy (non-hydrogen) atoms. The highest BCUT2D eigenvalue weighted by Crippen LogP contribution is 2.20. The van der Waals surface area contributed by atoms with Crippen LogP contribution in [-0.2, 0) is 6.54 Å². The van der Waals surface area contributed by atoms with Crippen molar-refractivity contribution in [3.05, 3.63) is 39.7 Å². The molecule has 1 aromatic carbocycles. The third-order valence-corrected chi connectivity index (χ3v) is 3.38. The van der Waals surface area contributed by atoms with Crippen LogP contribution in [0.1, 0.15) is 18.9 Å². The second-order valence-electron chi connectivity index (χ2n) is 4.83. The third kappa shape index (κ3) is 3.27. The van der Waals surface area contributed by atoms with Crippen LogP contribution in [-0.4, -0.2) is 35.5 Å². The van der Waals surface area contributed by atoms with Gasteiger partial charge in [0.25, 0.3) is 0 Å². The molecule has 0 bridgehead atoms. The first-order chi connectivity index (χ1) is 9.11. The van der Waals surface area contributed by atoms with Crippen LogP contribution in [0.15, 0.2) is 18.2 Å². The lowest BCUT2D eigenvalue weighted by Crippen LogP contribution is -2.56. The van der Waals surface area contributed by atoms with Gasteiger partial charge in [0.2, 0.25) is 5.82 Å². The molecular weight excluding hydrogens is 249 g/mol. The molecule has 1 N–H and O–H groups in total. The first-order valence-corrected chi connectivity index (χ1v) is 6.49. The lowest BCUT2D eigenvalue weighted by Gasteiger charge is -2.38. The van der Waals surface area contributed by atoms with Crippen molar-refractivity contribution in [1.82, 2.24) is 10.2 Å². The molecule has 1 aliphatic heterocycles. The number of hydrogen-bond acceptors (Lipinski definition) is 4. The second kappa shape index (κ2) is 6.08. The number of nitro groups is 1. The van der Waals surface area contributed by atoms with Gasteiger partial charge in [-0.1, -0.05) is 13.0 Å². The third-order valence-electron chi connectivity index (χ3n) is 3.38. The number of nitrogens with one attached hydrogen (secondary N) is 1. The van der Waals surface area contributed by atoms with E-state index in [0.29, 0.717) is 12.6 Å². The van der Waals surface area contributed by atoms with E-state index in [2.05, 4.69) is 17.1 Å². The van der Waals surface area contributed by atoms with E-state index >= 15 is 0 Å². The fourth-order valence-corrected chi connectivity index (χ4v) is 2.24. The predicted octanol–water partition coefficient (Wildman–Crippen LogP) is 1.92. The molecule has 1 aromatic rings. The van der Waals surface area contributed by atoms with E-state index in [1.54, 1.807) is 6.07 Å². The summed E-state index contributed by atoms with van der Waals surface area (Å²) in [6, 6.07) is 4.63. The first kappa shape index (κ1) is 13.9. The van der Waals surface area contributed by atoms with Gasteiger partial charge in [0.1, 0.15) is 0 Å². The van der Waals surface area contributed by atoms with Gasteiger partial charge in [0.15, 0.2) is 0 Å². The zero-order valence-electron chi connectivity index (χ0n) is 10.9. The Morgan fingerprint density at radius 3 is 2.74 bits per heavy atom. The molecule has 104 valence electrons. The van der Waals surface area contributed by atoms with Crippen molar-refractivity contribution in [2.45, 2.75) is 25.9 Å². The van der Waals surface area contributed by atoms with Crippen LogP contribution in [0.25, 0.3) is 0 Å². The summed E-state index contributed by atoms with van der Waals surface area (Å²) in [5.41, 5.74) is 0.319. The molecule has 0 aliphatic carbocycles. The number of benzene rings is 1. The fourth-order valence-electron chi connectivity index (χ4n) is 2.24. The highest BCUT2D eigenvalue weighted by Gasteiger charge is 2.24. The first-order valence-electron chi connectivity index (χ1n) is 6.49. The summed E-state index contributed by atoms with van der Waals surface area (Å²) in [4.78, 5) is 12.2. The van der Waals surface area contributed by atoms with Crippen LogP contribution in [0.5, 0.6) is 0 Å². The minimum absolute atomic E-state index is 0.462. The van der Waals surface area contributed by atoms with Gasteiger partial charge in [-0.15, -0.1) is 0 Å². The van der Waals surface area contributed by atoms with Gasteiger partial charge in [-0.2, -0.15) is 4.39 Å². The molecule has 0 aromatic heterocycles. The molecule has 0 unspecified atom stereocenters. The fraction of sp³-hybridized carbons (Fsp3) is 0.538. The van der Waals surface area contributed by atoms with Crippen molar-refractivity contribution in [3.8, 4) is 0 Å². The van der Waals surface area contributed by atoms with Crippen molar-refractivity contribution < 1.29 is 9.31 Å². The average molecular weight is 267 g/mol. The zero-order chi connectivity index (χ0) is 13.8. The van der Waals surface area contributed by atoms with Crippen molar-refractivity contribution in [2.75, 3.05) is 19.6 Å². The maximum atomic E-state index is 13.6. The lowest BCUT2D eigenvalue weighted by molar-refractivity contribution is -0.387. The Kier molecular flexibility index (Phi) is 4.44. The molecule has 0 atom stereocenters. The largest absolute Gasteiger partial charge is 0.314 e. The maximum Gasteiger partial charge on any atom is 0.304 e. The topological polar surface area (TPSA) is 58.4 Å². The number of hydrogen-bond donors (Lipinski definition) is 1. The Hall–Kier alpha value is -1.53. The van der Waals surface area contributed by atoms with E-state index in [-0.39, 0.29) is 0 Å². The summed E-state index contributed by atoms with van der Waals surface area (Å²) in [5, 5.41) is 13.8. The standard InChI is InChI=1S/C13H18FN3O2/c1-2-5-16(11-7-15-8-11)9-10-3-4-13(17(18)19)12(14)6-10/h3-4,6,11,15H,2,5,7-9H2,1H3. The van der Waals surface area contributed by atoms with E-state index in [9.17, 15) is 14.5 Å². The molecule has 5 nitrogen and oxygen atoms in total. The summed E-state index contributed by atoms with van der Waals surface area (Å²) in [7, 11) is 0. The number of rotatable bonds is 6. The number of nitro benzene ring substituents is 1. The van der Waals surface area contributed by atoms with Crippen LogP contribution in [0.4, 0.5) is 10.1 Å². The molecular formula is C13H18FN3O2. The van der Waals surface area contributed by atoms with Crippen LogP contribution < -0.4 is 5.32 Å². The van der Waals surface area contributed by atoms with Crippen LogP contribution in [0.2, 0.25) is 0 Å². The van der Waals surface area contributed by atoms with Crippen LogP contribution >= 0.6 is 0 Å². The Balaban J connectivity index is 2.08. The average Bonchev–Trinajstić information content (AvgIpc) is 2.26. The molecule has 0 amide bonds. The van der Waals surface area contributed by atoms with Crippen molar-refractivity contribution in [3.63, 3.8) is 0 Å². The second-order valence-corrected chi connectivity index (χ2v) is 4.83. The van der Waals surface area contributed by atoms with Gasteiger partial charge in [0.05, 0.1) is 4.92 Å². The molecule has 1 fully saturated rings. The summed E-state index contributed by atoms with van der Waals surface area (Å²) >= 11 is 0. The summed E-state index contributed by atoms with van der Waals surface area (Å²) in [5.74, 6) is -0.759. The van der Waals surface area contributed by atoms with Crippen LogP contribution in [0, 0.1) is 15.9 Å². The zero-order valence-corrected chi connectivity index (χ0v) is 10.9. The summed E-state index contributed by atoms with van der Waals surface area (Å²) in [6.07, 6.45) is 1.03. The van der Waals surface area contributed by atoms with Crippen molar-refractivity contribution >= 4 is 5.69 Å². The Labute approximate surface area is 111 Å². The predicted molar refractivity (Wildman–Crippen MR) is 70.4 cm³/mol. The molecule has 0 saturated carbocycles. The van der Waals surface area contributed by atoms with Crippen molar-refractivity contribution in [2.24, 2.45) is 0 Å². The molecule has 0 spiro atoms. The van der Waals surface area contributed by atoms with Gasteiger partial charge >= 0.3 is 5.69 Å². The summed E-state index contributed by atoms with van der Waals surface area (Å²) < 4.78 is 13.6. The summed E-state index contributed by atoms with van der Waals surface area (Å²) in [6.45, 7) is 5.60. The minimum Gasteiger partial charge on any atom is -0.314 e. The molecule has 1 heterocycles. The van der Waals surface area contributed by atoms with Gasteiger partial charge in [-0.05, 0) is 24.6 Å². The van der Waals surface area contributed by atoms with Gasteiger partial charge in [-0.25, -0.2) is 0 Å². The normalized spacial score (nSPS) is 15.5. The molecule has 1 aliphatic rings. The SMILES string of the molecule is CCCN(Cc1ccc([N+](=O)[O-])c(F)c1)C1CNC1. The Bertz CT molecular complexity index is 463. The van der Waals surface area contributed by atoms with Crippen molar-refractivity contribution in [1.29, 1.82) is 0 Å². The van der Waals surface area contributed by atoms with Crippen LogP contribution in [0.3, 0.4) is 0 Å². The monoisotopic (exact) mass is 267 g/mol. The molecule has 1 saturated heterocycles. The van der Waals surface area contributed by atoms with Gasteiger partial charge in [0, 0.05) is 31.7 Å². The van der Waals surface area contributed by atoms with E-state index < -0.39 is 16.4 Å². The number of halogens is 1. The van der Waals surface area contributed by atoms with E-state index in [4.69, 9.17) is 0 Å². The minimum atomic E-state index is -0.759. The highest BCUT2D eigenvalue weighted by atomic mass is 19.1. The Morgan fingerprint density at radius 2 is 2.26 bits per heavy atom. The van der Waals surface area contributed by atoms with E-state index in [1.165, 1.54) is 12.1 Å². The highest BCUT2D eigenvalue weighted by molar-refractivity contribution is 5.35. The van der Waals surface area contributed by atoms with Gasteiger partial charge in [-0.3, -0.25) is 15.0 Å². The maximum absolute atomic E-state index is 13.6. The number of nitrogens with zero attached hydrogens (tertiary/aromatic N) is 2. The van der Waals surface area contributed by atoms with Gasteiger partial charge < -0.3 is 5.32 Å². The lowest BCUT2D eigenvalue weighted by atomic mass is 10.1. The van der Waals surface area contributed by atoms with E-state index in [0.717, 1.165) is 31.6 Å².